The average Bonchev–Trinajstić information content (AvgIpc) is 2.43. The van der Waals surface area contributed by atoms with Gasteiger partial charge in [-0.15, -0.1) is 0 Å². The molecule has 0 bridgehead atoms. The Hall–Kier alpha value is -1.59. The van der Waals surface area contributed by atoms with Gasteiger partial charge in [-0.2, -0.15) is 5.10 Å². The summed E-state index contributed by atoms with van der Waals surface area (Å²) in [7, 11) is 1.46. The molecule has 1 heterocycles. The fourth-order valence-corrected chi connectivity index (χ4v) is 0.877. The van der Waals surface area contributed by atoms with Crippen LogP contribution in [0.15, 0.2) is 5.10 Å². The Morgan fingerprint density at radius 2 is 2.38 bits per heavy atom. The van der Waals surface area contributed by atoms with E-state index in [9.17, 15) is 9.59 Å². The van der Waals surface area contributed by atoms with Crippen molar-refractivity contribution < 1.29 is 14.3 Å². The highest BCUT2D eigenvalue weighted by Gasteiger charge is 2.29. The van der Waals surface area contributed by atoms with Gasteiger partial charge < -0.3 is 10.1 Å². The smallest absolute Gasteiger partial charge is 0.354 e. The van der Waals surface area contributed by atoms with E-state index >= 15 is 0 Å². The van der Waals surface area contributed by atoms with Crippen molar-refractivity contribution in [2.45, 2.75) is 6.92 Å². The number of urea groups is 1. The van der Waals surface area contributed by atoms with Crippen molar-refractivity contribution in [2.24, 2.45) is 11.0 Å². The number of amides is 2. The van der Waals surface area contributed by atoms with Crippen LogP contribution >= 0.6 is 0 Å². The maximum absolute atomic E-state index is 11.0. The predicted octanol–water partition coefficient (Wildman–Crippen LogP) is -0.536. The fourth-order valence-electron chi connectivity index (χ4n) is 0.877. The fraction of sp³-hybridized carbons (Fsp3) is 0.571. The van der Waals surface area contributed by atoms with E-state index in [1.807, 2.05) is 0 Å². The van der Waals surface area contributed by atoms with Crippen LogP contribution < -0.4 is 10.7 Å². The van der Waals surface area contributed by atoms with Crippen LogP contribution in [-0.4, -0.2) is 31.4 Å². The van der Waals surface area contributed by atoms with Gasteiger partial charge >= 0.3 is 12.0 Å². The molecule has 0 saturated carbocycles. The second kappa shape index (κ2) is 3.88. The summed E-state index contributed by atoms with van der Waals surface area (Å²) in [6.07, 6.45) is 0. The number of hydrazone groups is 1. The standard InChI is InChI=1S/C7H11N3O3/c1-4-3-13-6(11)5(4)9-10-7(12)8-2/h4H,3H2,1-2H3,(H2,8,10,12)/b9-5-. The molecule has 72 valence electrons. The molecule has 1 rings (SSSR count). The minimum absolute atomic E-state index is 0.0651. The zero-order valence-electron chi connectivity index (χ0n) is 7.46. The van der Waals surface area contributed by atoms with Gasteiger partial charge in [0.1, 0.15) is 6.61 Å². The predicted molar refractivity (Wildman–Crippen MR) is 45.1 cm³/mol. The van der Waals surface area contributed by atoms with Gasteiger partial charge in [-0.05, 0) is 0 Å². The van der Waals surface area contributed by atoms with Crippen molar-refractivity contribution in [1.82, 2.24) is 10.7 Å². The average molecular weight is 185 g/mol. The first-order valence-electron chi connectivity index (χ1n) is 3.87. The lowest BCUT2D eigenvalue weighted by Gasteiger charge is -1.99. The molecule has 1 unspecified atom stereocenters. The van der Waals surface area contributed by atoms with Gasteiger partial charge in [-0.25, -0.2) is 15.0 Å². The number of hydrogen-bond acceptors (Lipinski definition) is 4. The summed E-state index contributed by atoms with van der Waals surface area (Å²) in [6.45, 7) is 2.13. The van der Waals surface area contributed by atoms with Crippen molar-refractivity contribution in [3.63, 3.8) is 0 Å². The molecule has 0 aliphatic carbocycles. The quantitative estimate of drug-likeness (QED) is 0.425. The van der Waals surface area contributed by atoms with Gasteiger partial charge in [0, 0.05) is 13.0 Å². The van der Waals surface area contributed by atoms with E-state index in [1.165, 1.54) is 7.05 Å². The second-order valence-electron chi connectivity index (χ2n) is 2.69. The molecule has 0 aromatic carbocycles. The molecular weight excluding hydrogens is 174 g/mol. The van der Waals surface area contributed by atoms with Gasteiger partial charge in [0.15, 0.2) is 5.71 Å². The number of cyclic esters (lactones) is 1. The lowest BCUT2D eigenvalue weighted by atomic mass is 10.1. The van der Waals surface area contributed by atoms with Crippen molar-refractivity contribution >= 4 is 17.7 Å². The SMILES string of the molecule is CNC(=O)N/N=C1\C(=O)OCC1C. The Morgan fingerprint density at radius 1 is 1.69 bits per heavy atom. The van der Waals surface area contributed by atoms with Gasteiger partial charge in [-0.3, -0.25) is 0 Å². The molecule has 1 fully saturated rings. The lowest BCUT2D eigenvalue weighted by molar-refractivity contribution is -0.133. The van der Waals surface area contributed by atoms with Crippen LogP contribution in [0.5, 0.6) is 0 Å². The normalized spacial score (nSPS) is 24.3. The van der Waals surface area contributed by atoms with Gasteiger partial charge in [0.05, 0.1) is 0 Å². The summed E-state index contributed by atoms with van der Waals surface area (Å²) in [4.78, 5) is 21.7. The minimum atomic E-state index is -0.469. The van der Waals surface area contributed by atoms with Crippen LogP contribution in [0.25, 0.3) is 0 Å². The van der Waals surface area contributed by atoms with E-state index in [2.05, 4.69) is 15.8 Å². The highest BCUT2D eigenvalue weighted by Crippen LogP contribution is 2.09. The molecule has 1 atom stereocenters. The van der Waals surface area contributed by atoms with Crippen LogP contribution in [0, 0.1) is 5.92 Å². The number of ether oxygens (including phenoxy) is 1. The molecule has 2 N–H and O–H groups in total. The second-order valence-corrected chi connectivity index (χ2v) is 2.69. The van der Waals surface area contributed by atoms with Crippen LogP contribution in [0.2, 0.25) is 0 Å². The monoisotopic (exact) mass is 185 g/mol. The van der Waals surface area contributed by atoms with Crippen LogP contribution in [-0.2, 0) is 9.53 Å². The van der Waals surface area contributed by atoms with E-state index in [1.54, 1.807) is 6.92 Å². The zero-order chi connectivity index (χ0) is 9.84. The molecule has 1 aliphatic rings. The minimum Gasteiger partial charge on any atom is -0.460 e. The van der Waals surface area contributed by atoms with Crippen molar-refractivity contribution in [1.29, 1.82) is 0 Å². The molecule has 0 aromatic rings. The third-order valence-electron chi connectivity index (χ3n) is 1.65. The number of nitrogens with zero attached hydrogens (tertiary/aromatic N) is 1. The molecule has 13 heavy (non-hydrogen) atoms. The summed E-state index contributed by atoms with van der Waals surface area (Å²) in [5.74, 6) is -0.534. The topological polar surface area (TPSA) is 79.8 Å². The van der Waals surface area contributed by atoms with Crippen LogP contribution in [0.1, 0.15) is 6.92 Å². The lowest BCUT2D eigenvalue weighted by Crippen LogP contribution is -2.31. The number of rotatable bonds is 1. The molecule has 0 spiro atoms. The highest BCUT2D eigenvalue weighted by atomic mass is 16.5. The Balaban J connectivity index is 2.59. The Bertz CT molecular complexity index is 262. The molecule has 6 nitrogen and oxygen atoms in total. The number of hydrogen-bond donors (Lipinski definition) is 2. The van der Waals surface area contributed by atoms with Gasteiger partial charge in [0.25, 0.3) is 0 Å². The summed E-state index contributed by atoms with van der Waals surface area (Å²) in [6, 6.07) is -0.459. The maximum atomic E-state index is 11.0. The third-order valence-corrected chi connectivity index (χ3v) is 1.65. The Morgan fingerprint density at radius 3 is 2.85 bits per heavy atom. The highest BCUT2D eigenvalue weighted by molar-refractivity contribution is 6.38. The van der Waals surface area contributed by atoms with E-state index < -0.39 is 12.0 Å². The van der Waals surface area contributed by atoms with Crippen LogP contribution in [0.3, 0.4) is 0 Å². The van der Waals surface area contributed by atoms with Crippen molar-refractivity contribution in [3.8, 4) is 0 Å². The summed E-state index contributed by atoms with van der Waals surface area (Å²) < 4.78 is 4.70. The van der Waals surface area contributed by atoms with Crippen LogP contribution in [0.4, 0.5) is 4.79 Å². The maximum Gasteiger partial charge on any atom is 0.354 e. The van der Waals surface area contributed by atoms with E-state index in [0.717, 1.165) is 0 Å². The molecule has 6 heteroatoms. The van der Waals surface area contributed by atoms with Crippen molar-refractivity contribution in [3.05, 3.63) is 0 Å². The first kappa shape index (κ1) is 9.50. The number of carbonyl (C=O) groups excluding carboxylic acids is 2. The molecular formula is C7H11N3O3. The molecule has 1 saturated heterocycles. The van der Waals surface area contributed by atoms with E-state index in [4.69, 9.17) is 4.74 Å². The zero-order valence-corrected chi connectivity index (χ0v) is 7.46. The van der Waals surface area contributed by atoms with E-state index in [-0.39, 0.29) is 11.6 Å². The third kappa shape index (κ3) is 2.17. The van der Waals surface area contributed by atoms with Gasteiger partial charge in [-0.1, -0.05) is 6.92 Å². The summed E-state index contributed by atoms with van der Waals surface area (Å²) in [5, 5.41) is 5.95. The first-order chi connectivity index (χ1) is 6.15. The molecule has 0 aromatic heterocycles. The Kier molecular flexibility index (Phi) is 2.84. The molecule has 1 aliphatic heterocycles. The Labute approximate surface area is 75.3 Å². The largest absolute Gasteiger partial charge is 0.460 e. The van der Waals surface area contributed by atoms with Crippen molar-refractivity contribution in [2.75, 3.05) is 13.7 Å². The summed E-state index contributed by atoms with van der Waals surface area (Å²) >= 11 is 0. The first-order valence-corrected chi connectivity index (χ1v) is 3.87. The number of nitrogens with one attached hydrogen (secondary N) is 2. The molecule has 2 amide bonds. The number of carbonyl (C=O) groups is 2. The molecule has 0 radical (unpaired) electrons. The summed E-state index contributed by atoms with van der Waals surface area (Å²) in [5.41, 5.74) is 2.43. The van der Waals surface area contributed by atoms with Gasteiger partial charge in [0.2, 0.25) is 0 Å². The van der Waals surface area contributed by atoms with E-state index in [0.29, 0.717) is 6.61 Å². The number of esters is 1.